The average molecular weight is 284 g/mol. The summed E-state index contributed by atoms with van der Waals surface area (Å²) in [6.45, 7) is 0.0782. The van der Waals surface area contributed by atoms with Crippen LogP contribution in [0.4, 0.5) is 23.8 Å². The molecule has 2 aromatic heterocycles. The minimum atomic E-state index is -0.790. The Kier molecular flexibility index (Phi) is 3.11. The van der Waals surface area contributed by atoms with Gasteiger partial charge in [-0.3, -0.25) is 0 Å². The second kappa shape index (κ2) is 4.75. The van der Waals surface area contributed by atoms with E-state index >= 15 is 0 Å². The molecule has 0 aliphatic carbocycles. The van der Waals surface area contributed by atoms with Crippen LogP contribution in [0, 0.1) is 20.2 Å². The van der Waals surface area contributed by atoms with E-state index < -0.39 is 21.7 Å². The van der Waals surface area contributed by atoms with Crippen molar-refractivity contribution in [2.45, 2.75) is 13.1 Å². The third-order valence-corrected chi connectivity index (χ3v) is 2.23. The molecule has 4 N–H and O–H groups in total. The van der Waals surface area contributed by atoms with Gasteiger partial charge in [-0.15, -0.1) is 9.36 Å². The molecule has 14 heteroatoms. The minimum absolute atomic E-state index is 0.0391. The number of nitrogen functional groups attached to an aromatic ring is 2. The van der Waals surface area contributed by atoms with Crippen molar-refractivity contribution >= 4 is 23.8 Å². The first-order valence-corrected chi connectivity index (χ1v) is 5.08. The van der Waals surface area contributed by atoms with Crippen LogP contribution in [0.3, 0.4) is 0 Å². The Labute approximate surface area is 109 Å². The van der Waals surface area contributed by atoms with E-state index in [1.807, 2.05) is 0 Å². The fourth-order valence-corrected chi connectivity index (χ4v) is 1.36. The SMILES string of the molecule is Nc1nc([N+](=O)[O-])nn1CCn1nc([N+](=O)[O-])nc1N. The maximum atomic E-state index is 10.5. The second-order valence-corrected chi connectivity index (χ2v) is 3.50. The molecule has 2 heterocycles. The molecular formula is C6H8N10O4. The lowest BCUT2D eigenvalue weighted by molar-refractivity contribution is -0.394. The number of nitro groups is 2. The summed E-state index contributed by atoms with van der Waals surface area (Å²) in [4.78, 5) is 26.2. The Hall–Kier alpha value is -3.32. The summed E-state index contributed by atoms with van der Waals surface area (Å²) in [6, 6.07) is 0. The summed E-state index contributed by atoms with van der Waals surface area (Å²) >= 11 is 0. The van der Waals surface area contributed by atoms with Crippen LogP contribution in [0.1, 0.15) is 0 Å². The summed E-state index contributed by atoms with van der Waals surface area (Å²) in [6.07, 6.45) is 0. The van der Waals surface area contributed by atoms with Crippen LogP contribution < -0.4 is 11.5 Å². The standard InChI is InChI=1S/C6H8N10O4/c7-3-9-5(15(17)18)11-13(3)1-2-14-4(8)10-6(12-14)16(19)20/h1-2H2,(H2,7,9,11)(H2,8,10,12). The van der Waals surface area contributed by atoms with Gasteiger partial charge in [0.25, 0.3) is 0 Å². The van der Waals surface area contributed by atoms with Crippen LogP contribution in [0.25, 0.3) is 0 Å². The van der Waals surface area contributed by atoms with Gasteiger partial charge >= 0.3 is 23.8 Å². The smallest absolute Gasteiger partial charge is 0.390 e. The van der Waals surface area contributed by atoms with Crippen LogP contribution in [-0.2, 0) is 13.1 Å². The van der Waals surface area contributed by atoms with Gasteiger partial charge in [0.1, 0.15) is 0 Å². The molecule has 20 heavy (non-hydrogen) atoms. The molecule has 0 saturated carbocycles. The maximum Gasteiger partial charge on any atom is 0.493 e. The number of nitrogens with zero attached hydrogens (tertiary/aromatic N) is 8. The first-order chi connectivity index (χ1) is 9.38. The zero-order valence-corrected chi connectivity index (χ0v) is 9.78. The number of aromatic nitrogens is 6. The Morgan fingerprint density at radius 3 is 1.50 bits per heavy atom. The zero-order valence-electron chi connectivity index (χ0n) is 9.78. The molecule has 14 nitrogen and oxygen atoms in total. The van der Waals surface area contributed by atoms with E-state index in [0.29, 0.717) is 0 Å². The highest BCUT2D eigenvalue weighted by Crippen LogP contribution is 2.10. The molecule has 0 atom stereocenters. The van der Waals surface area contributed by atoms with Crippen molar-refractivity contribution in [3.05, 3.63) is 20.2 Å². The third-order valence-electron chi connectivity index (χ3n) is 2.23. The average Bonchev–Trinajstić information content (AvgIpc) is 2.91. The molecule has 106 valence electrons. The quantitative estimate of drug-likeness (QED) is 0.483. The molecule has 2 aromatic rings. The van der Waals surface area contributed by atoms with E-state index in [1.165, 1.54) is 0 Å². The number of rotatable bonds is 5. The predicted octanol–water partition coefficient (Wildman–Crippen LogP) is -1.45. The second-order valence-electron chi connectivity index (χ2n) is 3.50. The van der Waals surface area contributed by atoms with Crippen molar-refractivity contribution in [2.24, 2.45) is 0 Å². The number of hydrogen-bond donors (Lipinski definition) is 2. The van der Waals surface area contributed by atoms with Crippen LogP contribution in [0.15, 0.2) is 0 Å². The molecule has 0 aliphatic heterocycles. The van der Waals surface area contributed by atoms with E-state index in [4.69, 9.17) is 11.5 Å². The lowest BCUT2D eigenvalue weighted by atomic mass is 10.6. The molecule has 0 bridgehead atoms. The van der Waals surface area contributed by atoms with E-state index in [-0.39, 0.29) is 25.0 Å². The lowest BCUT2D eigenvalue weighted by Crippen LogP contribution is -2.14. The van der Waals surface area contributed by atoms with Gasteiger partial charge in [0.15, 0.2) is 0 Å². The Morgan fingerprint density at radius 2 is 1.25 bits per heavy atom. The first-order valence-electron chi connectivity index (χ1n) is 5.08. The molecule has 2 rings (SSSR count). The Morgan fingerprint density at radius 1 is 0.900 bits per heavy atom. The number of anilines is 2. The van der Waals surface area contributed by atoms with Gasteiger partial charge in [0.05, 0.1) is 13.1 Å². The molecule has 0 unspecified atom stereocenters. The highest BCUT2D eigenvalue weighted by Gasteiger charge is 2.22. The van der Waals surface area contributed by atoms with Crippen LogP contribution in [-0.4, -0.2) is 39.4 Å². The molecule has 0 saturated heterocycles. The van der Waals surface area contributed by atoms with Gasteiger partial charge < -0.3 is 31.7 Å². The van der Waals surface area contributed by atoms with Gasteiger partial charge in [0.2, 0.25) is 0 Å². The first kappa shape index (κ1) is 13.1. The minimum Gasteiger partial charge on any atom is -0.390 e. The molecule has 0 aromatic carbocycles. The van der Waals surface area contributed by atoms with Crippen LogP contribution in [0.2, 0.25) is 0 Å². The number of aryl methyl sites for hydroxylation is 2. The summed E-state index contributed by atoms with van der Waals surface area (Å²) in [5, 5.41) is 28.0. The predicted molar refractivity (Wildman–Crippen MR) is 62.2 cm³/mol. The maximum absolute atomic E-state index is 10.5. The largest absolute Gasteiger partial charge is 0.493 e. The Balaban J connectivity index is 2.12. The van der Waals surface area contributed by atoms with Crippen molar-refractivity contribution in [3.63, 3.8) is 0 Å². The van der Waals surface area contributed by atoms with Gasteiger partial charge in [-0.2, -0.15) is 0 Å². The zero-order chi connectivity index (χ0) is 14.9. The highest BCUT2D eigenvalue weighted by molar-refractivity contribution is 5.23. The summed E-state index contributed by atoms with van der Waals surface area (Å²) in [5.74, 6) is -1.60. The Bertz CT molecular complexity index is 615. The van der Waals surface area contributed by atoms with E-state index in [0.717, 1.165) is 9.36 Å². The number of nitrogens with two attached hydrogens (primary N) is 2. The van der Waals surface area contributed by atoms with Gasteiger partial charge in [-0.1, -0.05) is 0 Å². The monoisotopic (exact) mass is 284 g/mol. The summed E-state index contributed by atoms with van der Waals surface area (Å²) < 4.78 is 2.12. The van der Waals surface area contributed by atoms with Gasteiger partial charge in [0, 0.05) is 10.2 Å². The molecule has 0 aliphatic rings. The van der Waals surface area contributed by atoms with Gasteiger partial charge in [-0.25, -0.2) is 0 Å². The normalized spacial score (nSPS) is 10.6. The summed E-state index contributed by atoms with van der Waals surface area (Å²) in [5.41, 5.74) is 10.9. The molecular weight excluding hydrogens is 276 g/mol. The highest BCUT2D eigenvalue weighted by atomic mass is 16.6. The van der Waals surface area contributed by atoms with Crippen LogP contribution >= 0.6 is 0 Å². The van der Waals surface area contributed by atoms with E-state index in [9.17, 15) is 20.2 Å². The topological polar surface area (TPSA) is 200 Å². The molecule has 0 amide bonds. The summed E-state index contributed by atoms with van der Waals surface area (Å²) in [7, 11) is 0. The fourth-order valence-electron chi connectivity index (χ4n) is 1.36. The third kappa shape index (κ3) is 2.42. The van der Waals surface area contributed by atoms with Crippen molar-refractivity contribution in [3.8, 4) is 0 Å². The molecule has 0 spiro atoms. The number of hydrogen-bond acceptors (Lipinski definition) is 10. The van der Waals surface area contributed by atoms with E-state index in [1.54, 1.807) is 0 Å². The lowest BCUT2D eigenvalue weighted by Gasteiger charge is -1.97. The molecule has 0 radical (unpaired) electrons. The fraction of sp³-hybridized carbons (Fsp3) is 0.333. The van der Waals surface area contributed by atoms with Crippen molar-refractivity contribution in [2.75, 3.05) is 11.5 Å². The van der Waals surface area contributed by atoms with E-state index in [2.05, 4.69) is 20.2 Å². The van der Waals surface area contributed by atoms with Crippen LogP contribution in [0.5, 0.6) is 0 Å². The van der Waals surface area contributed by atoms with Crippen molar-refractivity contribution in [1.29, 1.82) is 0 Å². The molecule has 0 fully saturated rings. The van der Waals surface area contributed by atoms with Gasteiger partial charge in [-0.05, 0) is 19.8 Å². The van der Waals surface area contributed by atoms with Crippen molar-refractivity contribution in [1.82, 2.24) is 29.5 Å². The van der Waals surface area contributed by atoms with Crippen molar-refractivity contribution < 1.29 is 9.85 Å².